The van der Waals surface area contributed by atoms with Crippen molar-refractivity contribution in [2.75, 3.05) is 37.1 Å². The number of aliphatic hydroxyl groups excluding tert-OH is 1. The fourth-order valence-corrected chi connectivity index (χ4v) is 4.38. The molecule has 3 aromatic rings. The molecule has 3 heterocycles. The number of aromatic nitrogens is 1. The van der Waals surface area contributed by atoms with Gasteiger partial charge in [-0.05, 0) is 42.5 Å². The molecule has 1 amide bonds. The molecule has 1 unspecified atom stereocenters. The van der Waals surface area contributed by atoms with Crippen molar-refractivity contribution < 1.29 is 24.2 Å². The molecule has 2 aromatic carbocycles. The number of benzene rings is 2. The maximum Gasteiger partial charge on any atom is 0.300 e. The fraction of sp³-hybridized carbons (Fsp3) is 0.192. The molecule has 34 heavy (non-hydrogen) atoms. The third kappa shape index (κ3) is 3.44. The van der Waals surface area contributed by atoms with E-state index in [1.165, 1.54) is 12.0 Å². The Labute approximate surface area is 196 Å². The van der Waals surface area contributed by atoms with E-state index in [1.807, 2.05) is 11.9 Å². The van der Waals surface area contributed by atoms with Crippen LogP contribution in [0.2, 0.25) is 0 Å². The summed E-state index contributed by atoms with van der Waals surface area (Å²) in [5, 5.41) is 11.4. The summed E-state index contributed by atoms with van der Waals surface area (Å²) in [5.74, 6) is -0.700. The summed E-state index contributed by atoms with van der Waals surface area (Å²) in [4.78, 5) is 34.4. The summed E-state index contributed by atoms with van der Waals surface area (Å²) in [7, 11) is 3.43. The van der Waals surface area contributed by atoms with Gasteiger partial charge in [0.05, 0.1) is 36.3 Å². The largest absolute Gasteiger partial charge is 0.507 e. The van der Waals surface area contributed by atoms with Gasteiger partial charge in [-0.3, -0.25) is 19.5 Å². The highest BCUT2D eigenvalue weighted by Gasteiger charge is 2.48. The Bertz CT molecular complexity index is 1300. The monoisotopic (exact) mass is 457 g/mol. The van der Waals surface area contributed by atoms with Crippen molar-refractivity contribution in [2.24, 2.45) is 0 Å². The Hall–Kier alpha value is -4.33. The van der Waals surface area contributed by atoms with Gasteiger partial charge in [0.25, 0.3) is 11.7 Å². The van der Waals surface area contributed by atoms with Crippen LogP contribution in [0.4, 0.5) is 11.4 Å². The number of aliphatic hydroxyl groups is 1. The van der Waals surface area contributed by atoms with Gasteiger partial charge >= 0.3 is 0 Å². The third-order valence-electron chi connectivity index (χ3n) is 6.08. The first kappa shape index (κ1) is 21.5. The second kappa shape index (κ2) is 8.55. The van der Waals surface area contributed by atoms with Crippen LogP contribution in [0.15, 0.2) is 72.4 Å². The predicted octanol–water partition coefficient (Wildman–Crippen LogP) is 3.55. The molecule has 8 heteroatoms. The Morgan fingerprint density at radius 1 is 1.09 bits per heavy atom. The van der Waals surface area contributed by atoms with Gasteiger partial charge in [-0.15, -0.1) is 0 Å². The van der Waals surface area contributed by atoms with Crippen molar-refractivity contribution in [3.63, 3.8) is 0 Å². The SMILES string of the molecule is COc1ccccc1N1C(=O)C(=O)/C(=C(\O)c2ccc3c(c2)N(C)CCO3)C1c1ccccn1. The molecule has 0 bridgehead atoms. The van der Waals surface area contributed by atoms with E-state index < -0.39 is 17.7 Å². The number of methoxy groups -OCH3 is 1. The first-order chi connectivity index (χ1) is 16.5. The number of ketones is 1. The first-order valence-electron chi connectivity index (χ1n) is 10.8. The van der Waals surface area contributed by atoms with Crippen LogP contribution in [0.1, 0.15) is 17.3 Å². The number of carbonyl (C=O) groups is 2. The van der Waals surface area contributed by atoms with Crippen LogP contribution in [-0.4, -0.2) is 49.1 Å². The number of pyridine rings is 1. The fourth-order valence-electron chi connectivity index (χ4n) is 4.38. The van der Waals surface area contributed by atoms with E-state index in [0.29, 0.717) is 41.6 Å². The Morgan fingerprint density at radius 2 is 1.88 bits per heavy atom. The molecular weight excluding hydrogens is 434 g/mol. The molecule has 1 aromatic heterocycles. The Kier molecular flexibility index (Phi) is 5.41. The number of ether oxygens (including phenoxy) is 2. The van der Waals surface area contributed by atoms with E-state index in [1.54, 1.807) is 66.9 Å². The summed E-state index contributed by atoms with van der Waals surface area (Å²) in [6.07, 6.45) is 1.59. The van der Waals surface area contributed by atoms with Gasteiger partial charge in [0, 0.05) is 18.8 Å². The number of hydrogen-bond acceptors (Lipinski definition) is 7. The predicted molar refractivity (Wildman–Crippen MR) is 127 cm³/mol. The third-order valence-corrected chi connectivity index (χ3v) is 6.08. The Morgan fingerprint density at radius 3 is 2.65 bits per heavy atom. The van der Waals surface area contributed by atoms with Crippen molar-refractivity contribution in [3.05, 3.63) is 83.7 Å². The number of anilines is 2. The Balaban J connectivity index is 1.71. The lowest BCUT2D eigenvalue weighted by atomic mass is 9.97. The molecule has 0 radical (unpaired) electrons. The zero-order valence-corrected chi connectivity index (χ0v) is 18.8. The van der Waals surface area contributed by atoms with Crippen molar-refractivity contribution in [1.82, 2.24) is 4.98 Å². The molecule has 8 nitrogen and oxygen atoms in total. The second-order valence-electron chi connectivity index (χ2n) is 8.05. The number of nitrogens with zero attached hydrogens (tertiary/aromatic N) is 3. The molecule has 1 N–H and O–H groups in total. The first-order valence-corrected chi connectivity index (χ1v) is 10.8. The minimum absolute atomic E-state index is 0.0334. The summed E-state index contributed by atoms with van der Waals surface area (Å²) in [5.41, 5.74) is 2.04. The van der Waals surface area contributed by atoms with Crippen LogP contribution in [0.3, 0.4) is 0 Å². The average Bonchev–Trinajstić information content (AvgIpc) is 3.14. The molecular formula is C26H23N3O5. The molecule has 0 aliphatic carbocycles. The lowest BCUT2D eigenvalue weighted by Gasteiger charge is -2.28. The van der Waals surface area contributed by atoms with Crippen LogP contribution >= 0.6 is 0 Å². The highest BCUT2D eigenvalue weighted by Crippen LogP contribution is 2.45. The van der Waals surface area contributed by atoms with Crippen molar-refractivity contribution in [3.8, 4) is 11.5 Å². The minimum atomic E-state index is -0.928. The van der Waals surface area contributed by atoms with Gasteiger partial charge in [0.1, 0.15) is 29.9 Å². The lowest BCUT2D eigenvalue weighted by molar-refractivity contribution is -0.132. The minimum Gasteiger partial charge on any atom is -0.507 e. The van der Waals surface area contributed by atoms with Crippen molar-refractivity contribution >= 4 is 28.8 Å². The normalized spacial score (nSPS) is 19.1. The average molecular weight is 457 g/mol. The molecule has 1 atom stereocenters. The van der Waals surface area contributed by atoms with Crippen LogP contribution in [0, 0.1) is 0 Å². The number of likely N-dealkylation sites (N-methyl/N-ethyl adjacent to an activating group) is 1. The van der Waals surface area contributed by atoms with E-state index in [4.69, 9.17) is 9.47 Å². The molecule has 5 rings (SSSR count). The number of fused-ring (bicyclic) bond motifs is 1. The summed E-state index contributed by atoms with van der Waals surface area (Å²) < 4.78 is 11.1. The molecule has 1 fully saturated rings. The second-order valence-corrected chi connectivity index (χ2v) is 8.05. The number of amides is 1. The maximum absolute atomic E-state index is 13.3. The van der Waals surface area contributed by atoms with E-state index in [0.717, 1.165) is 5.69 Å². The number of hydrogen-bond donors (Lipinski definition) is 1. The number of rotatable bonds is 4. The van der Waals surface area contributed by atoms with Crippen molar-refractivity contribution in [2.45, 2.75) is 6.04 Å². The van der Waals surface area contributed by atoms with Gasteiger partial charge < -0.3 is 19.5 Å². The van der Waals surface area contributed by atoms with Crippen LogP contribution in [0.25, 0.3) is 5.76 Å². The molecule has 2 aliphatic heterocycles. The van der Waals surface area contributed by atoms with Crippen LogP contribution < -0.4 is 19.3 Å². The smallest absolute Gasteiger partial charge is 0.300 e. The van der Waals surface area contributed by atoms with Crippen LogP contribution in [-0.2, 0) is 9.59 Å². The van der Waals surface area contributed by atoms with Crippen LogP contribution in [0.5, 0.6) is 11.5 Å². The quantitative estimate of drug-likeness (QED) is 0.364. The standard InChI is InChI=1S/C26H23N3O5/c1-28-13-14-34-21-11-10-16(15-19(21)28)24(30)22-23(17-7-5-6-12-27-17)29(26(32)25(22)31)18-8-3-4-9-20(18)33-2/h3-12,15,23,30H,13-14H2,1-2H3/b24-22-. The zero-order chi connectivity index (χ0) is 23.8. The maximum atomic E-state index is 13.3. The van der Waals surface area contributed by atoms with E-state index >= 15 is 0 Å². The molecule has 172 valence electrons. The summed E-state index contributed by atoms with van der Waals surface area (Å²) in [6.45, 7) is 1.27. The summed E-state index contributed by atoms with van der Waals surface area (Å²) >= 11 is 0. The van der Waals surface area contributed by atoms with Gasteiger partial charge in [-0.1, -0.05) is 18.2 Å². The van der Waals surface area contributed by atoms with Gasteiger partial charge in [-0.2, -0.15) is 0 Å². The zero-order valence-electron chi connectivity index (χ0n) is 18.8. The number of carbonyl (C=O) groups excluding carboxylic acids is 2. The number of para-hydroxylation sites is 2. The summed E-state index contributed by atoms with van der Waals surface area (Å²) in [6, 6.07) is 16.5. The van der Waals surface area contributed by atoms with Crippen molar-refractivity contribution in [1.29, 1.82) is 0 Å². The molecule has 0 spiro atoms. The number of Topliss-reactive ketones (excluding diaryl/α,β-unsaturated/α-hetero) is 1. The van der Waals surface area contributed by atoms with Gasteiger partial charge in [0.2, 0.25) is 0 Å². The highest BCUT2D eigenvalue weighted by molar-refractivity contribution is 6.51. The van der Waals surface area contributed by atoms with Gasteiger partial charge in [-0.25, -0.2) is 0 Å². The molecule has 1 saturated heterocycles. The molecule has 2 aliphatic rings. The van der Waals surface area contributed by atoms with E-state index in [2.05, 4.69) is 4.98 Å². The van der Waals surface area contributed by atoms with E-state index in [-0.39, 0.29) is 11.3 Å². The van der Waals surface area contributed by atoms with E-state index in [9.17, 15) is 14.7 Å². The highest BCUT2D eigenvalue weighted by atomic mass is 16.5. The van der Waals surface area contributed by atoms with Gasteiger partial charge in [0.15, 0.2) is 0 Å². The lowest BCUT2D eigenvalue weighted by Crippen LogP contribution is -2.30. The molecule has 0 saturated carbocycles. The topological polar surface area (TPSA) is 92.2 Å².